The van der Waals surface area contributed by atoms with E-state index in [2.05, 4.69) is 106 Å². The number of benzene rings is 3. The third kappa shape index (κ3) is 5.08. The molecule has 3 aromatic carbocycles. The molecule has 0 spiro atoms. The Hall–Kier alpha value is -3.06. The molecule has 220 valence electrons. The van der Waals surface area contributed by atoms with Gasteiger partial charge in [0.2, 0.25) is 0 Å². The van der Waals surface area contributed by atoms with Crippen molar-refractivity contribution in [2.24, 2.45) is 0 Å². The van der Waals surface area contributed by atoms with Gasteiger partial charge in [-0.25, -0.2) is 0 Å². The smallest absolute Gasteiger partial charge is 0.0491 e. The molecule has 1 heterocycles. The van der Waals surface area contributed by atoms with E-state index in [9.17, 15) is 0 Å². The maximum atomic E-state index is 2.59. The van der Waals surface area contributed by atoms with Gasteiger partial charge in [-0.3, -0.25) is 0 Å². The summed E-state index contributed by atoms with van der Waals surface area (Å²) in [4.78, 5) is 0. The van der Waals surface area contributed by atoms with Crippen LogP contribution in [0.5, 0.6) is 0 Å². The Kier molecular flexibility index (Phi) is 8.49. The second-order valence-electron chi connectivity index (χ2n) is 13.4. The summed E-state index contributed by atoms with van der Waals surface area (Å²) in [6.45, 7) is 12.4. The van der Waals surface area contributed by atoms with Crippen LogP contribution in [-0.2, 0) is 12.0 Å². The largest absolute Gasteiger partial charge is 0.341 e. The predicted octanol–water partition coefficient (Wildman–Crippen LogP) is 12.1. The number of hydrogen-bond donors (Lipinski definition) is 0. The fourth-order valence-electron chi connectivity index (χ4n) is 8.29. The van der Waals surface area contributed by atoms with Gasteiger partial charge in [0.1, 0.15) is 0 Å². The monoisotopic (exact) mass is 557 g/mol. The molecule has 0 N–H and O–H groups in total. The van der Waals surface area contributed by atoms with Crippen molar-refractivity contribution in [3.05, 3.63) is 100 Å². The van der Waals surface area contributed by atoms with Gasteiger partial charge in [-0.15, -0.1) is 0 Å². The van der Waals surface area contributed by atoms with Gasteiger partial charge in [0, 0.05) is 39.7 Å². The highest BCUT2D eigenvalue weighted by Gasteiger charge is 2.44. The number of allylic oxidation sites excluding steroid dienone is 4. The molecule has 0 amide bonds. The normalized spacial score (nSPS) is 17.4. The molecule has 0 bridgehead atoms. The van der Waals surface area contributed by atoms with Crippen LogP contribution in [0, 0.1) is 13.8 Å². The van der Waals surface area contributed by atoms with Crippen LogP contribution in [0.15, 0.2) is 72.3 Å². The van der Waals surface area contributed by atoms with Crippen molar-refractivity contribution in [2.75, 3.05) is 0 Å². The number of fused-ring (bicyclic) bond motifs is 5. The zero-order valence-electron chi connectivity index (χ0n) is 26.9. The molecule has 1 aromatic heterocycles. The highest BCUT2D eigenvalue weighted by molar-refractivity contribution is 6.08. The summed E-state index contributed by atoms with van der Waals surface area (Å²) >= 11 is 0. The minimum absolute atomic E-state index is 0.192. The first-order valence-corrected chi connectivity index (χ1v) is 17.1. The van der Waals surface area contributed by atoms with E-state index in [4.69, 9.17) is 0 Å². The van der Waals surface area contributed by atoms with Crippen LogP contribution in [0.3, 0.4) is 0 Å². The quantitative estimate of drug-likeness (QED) is 0.153. The average Bonchev–Trinajstić information content (AvgIpc) is 3.45. The molecule has 42 heavy (non-hydrogen) atoms. The van der Waals surface area contributed by atoms with E-state index in [-0.39, 0.29) is 5.41 Å². The van der Waals surface area contributed by atoms with Crippen molar-refractivity contribution in [3.8, 4) is 0 Å². The first kappa shape index (κ1) is 29.0. The lowest BCUT2D eigenvalue weighted by Crippen LogP contribution is -2.27. The Morgan fingerprint density at radius 2 is 1.36 bits per heavy atom. The molecule has 0 fully saturated rings. The first-order valence-electron chi connectivity index (χ1n) is 17.1. The lowest BCUT2D eigenvalue weighted by molar-refractivity contribution is 0.397. The predicted molar refractivity (Wildman–Crippen MR) is 184 cm³/mol. The van der Waals surface area contributed by atoms with Gasteiger partial charge < -0.3 is 4.57 Å². The molecule has 4 aromatic rings. The van der Waals surface area contributed by atoms with Gasteiger partial charge >= 0.3 is 0 Å². The van der Waals surface area contributed by atoms with Crippen LogP contribution in [0.25, 0.3) is 27.4 Å². The Morgan fingerprint density at radius 3 is 2.05 bits per heavy atom. The first-order chi connectivity index (χ1) is 20.5. The minimum atomic E-state index is 0.192. The van der Waals surface area contributed by atoms with Crippen LogP contribution >= 0.6 is 0 Å². The van der Waals surface area contributed by atoms with Crippen LogP contribution in [-0.4, -0.2) is 4.57 Å². The van der Waals surface area contributed by atoms with Crippen molar-refractivity contribution in [1.29, 1.82) is 0 Å². The third-order valence-electron chi connectivity index (χ3n) is 10.5. The van der Waals surface area contributed by atoms with Crippen LogP contribution in [0.2, 0.25) is 0 Å². The van der Waals surface area contributed by atoms with Gasteiger partial charge in [0.25, 0.3) is 0 Å². The van der Waals surface area contributed by atoms with Crippen LogP contribution in [0.4, 0.5) is 0 Å². The number of aromatic nitrogens is 1. The highest BCUT2D eigenvalue weighted by atomic mass is 15.0. The van der Waals surface area contributed by atoms with Crippen molar-refractivity contribution in [2.45, 2.75) is 123 Å². The zero-order valence-corrected chi connectivity index (χ0v) is 26.9. The molecule has 1 atom stereocenters. The van der Waals surface area contributed by atoms with E-state index in [1.54, 1.807) is 22.3 Å². The highest BCUT2D eigenvalue weighted by Crippen LogP contribution is 2.57. The molecular formula is C41H51N. The van der Waals surface area contributed by atoms with Crippen molar-refractivity contribution < 1.29 is 0 Å². The third-order valence-corrected chi connectivity index (χ3v) is 10.5. The summed E-state index contributed by atoms with van der Waals surface area (Å²) in [6.07, 6.45) is 19.5. The topological polar surface area (TPSA) is 4.93 Å². The molecule has 1 heteroatoms. The molecular weight excluding hydrogens is 506 g/mol. The Morgan fingerprint density at radius 1 is 0.714 bits per heavy atom. The lowest BCUT2D eigenvalue weighted by Gasteiger charge is -2.35. The van der Waals surface area contributed by atoms with Gasteiger partial charge in [-0.2, -0.15) is 0 Å². The van der Waals surface area contributed by atoms with E-state index >= 15 is 0 Å². The number of rotatable bonds is 12. The molecule has 2 aliphatic carbocycles. The standard InChI is InChI=1S/C41H51N/c1-6-9-11-13-23-41(24-14-12-10-7-2)37-19-15-29(4)25-33(37)34-27-31(17-20-38(34)41)32-18-22-40-36(28-32)35-26-30(5)16-21-39(35)42(40)8-3/h15-22,25-26,28,31H,6-14,23-24,27H2,1-5H3. The number of aryl methyl sites for hydroxylation is 3. The summed E-state index contributed by atoms with van der Waals surface area (Å²) in [5.74, 6) is 0.419. The van der Waals surface area contributed by atoms with E-state index in [1.165, 1.54) is 103 Å². The maximum Gasteiger partial charge on any atom is 0.0491 e. The Labute approximate surface area is 254 Å². The molecule has 0 saturated carbocycles. The summed E-state index contributed by atoms with van der Waals surface area (Å²) in [5.41, 5.74) is 13.6. The van der Waals surface area contributed by atoms with Crippen molar-refractivity contribution in [3.63, 3.8) is 0 Å². The fourth-order valence-corrected chi connectivity index (χ4v) is 8.29. The molecule has 6 rings (SSSR count). The molecule has 1 nitrogen and oxygen atoms in total. The summed E-state index contributed by atoms with van der Waals surface area (Å²) in [6, 6.07) is 21.7. The Bertz CT molecular complexity index is 1630. The van der Waals surface area contributed by atoms with Crippen LogP contribution in [0.1, 0.15) is 125 Å². The Balaban J connectivity index is 1.40. The number of hydrogen-bond acceptors (Lipinski definition) is 0. The SMILES string of the molecule is CCCCCCC1(CCCCCC)C2=C(CC(c3ccc4c(c3)c3cc(C)ccc3n4CC)C=C2)c2cc(C)ccc21. The van der Waals surface area contributed by atoms with Gasteiger partial charge in [0.05, 0.1) is 0 Å². The summed E-state index contributed by atoms with van der Waals surface area (Å²) < 4.78 is 2.48. The van der Waals surface area contributed by atoms with E-state index in [0.29, 0.717) is 5.92 Å². The van der Waals surface area contributed by atoms with E-state index < -0.39 is 0 Å². The maximum absolute atomic E-state index is 2.59. The minimum Gasteiger partial charge on any atom is -0.341 e. The molecule has 2 aliphatic rings. The van der Waals surface area contributed by atoms with Crippen molar-refractivity contribution >= 4 is 27.4 Å². The molecule has 1 unspecified atom stereocenters. The van der Waals surface area contributed by atoms with Gasteiger partial charge in [-0.1, -0.05) is 119 Å². The second kappa shape index (κ2) is 12.3. The average molecular weight is 558 g/mol. The van der Waals surface area contributed by atoms with Gasteiger partial charge in [-0.05, 0) is 92.1 Å². The number of unbranched alkanes of at least 4 members (excludes halogenated alkanes) is 6. The molecule has 0 aliphatic heterocycles. The van der Waals surface area contributed by atoms with E-state index in [1.807, 2.05) is 0 Å². The van der Waals surface area contributed by atoms with Gasteiger partial charge in [0.15, 0.2) is 0 Å². The molecule has 0 radical (unpaired) electrons. The summed E-state index contributed by atoms with van der Waals surface area (Å²) in [7, 11) is 0. The second-order valence-corrected chi connectivity index (χ2v) is 13.4. The number of nitrogens with zero attached hydrogens (tertiary/aromatic N) is 1. The summed E-state index contributed by atoms with van der Waals surface area (Å²) in [5, 5.41) is 2.80. The zero-order chi connectivity index (χ0) is 29.3. The molecule has 0 saturated heterocycles. The van der Waals surface area contributed by atoms with Crippen LogP contribution < -0.4 is 0 Å². The lowest BCUT2D eigenvalue weighted by atomic mass is 9.68. The fraction of sp³-hybridized carbons (Fsp3) is 0.463. The van der Waals surface area contributed by atoms with E-state index in [0.717, 1.165) is 13.0 Å². The van der Waals surface area contributed by atoms with Crippen molar-refractivity contribution in [1.82, 2.24) is 4.57 Å².